The molecule has 1 amide bonds. The van der Waals surface area contributed by atoms with Crippen LogP contribution >= 0.6 is 0 Å². The quantitative estimate of drug-likeness (QED) is 0.398. The van der Waals surface area contributed by atoms with E-state index in [1.807, 2.05) is 30.3 Å². The van der Waals surface area contributed by atoms with Gasteiger partial charge in [-0.15, -0.1) is 0 Å². The molecule has 0 aliphatic rings. The van der Waals surface area contributed by atoms with Crippen molar-refractivity contribution < 1.29 is 9.72 Å². The molecule has 8 heteroatoms. The van der Waals surface area contributed by atoms with Gasteiger partial charge in [-0.05, 0) is 24.3 Å². The summed E-state index contributed by atoms with van der Waals surface area (Å²) in [5.74, 6) is -0.444. The number of allylic oxidation sites excluding steroid dienone is 1. The van der Waals surface area contributed by atoms with Crippen molar-refractivity contribution in [1.29, 1.82) is 0 Å². The van der Waals surface area contributed by atoms with Crippen LogP contribution in [0.1, 0.15) is 16.1 Å². The SMILES string of the molecule is O=C(N/N=C/C=C/c1ccccc1[N+](=O)[O-])c1cc(-c2ccccc2)n[nH]1. The lowest BCUT2D eigenvalue weighted by Gasteiger charge is -1.95. The summed E-state index contributed by atoms with van der Waals surface area (Å²) in [5, 5.41) is 21.5. The smallest absolute Gasteiger partial charge is 0.272 e. The van der Waals surface area contributed by atoms with E-state index < -0.39 is 10.8 Å². The molecular formula is C19H15N5O3. The Morgan fingerprint density at radius 3 is 2.67 bits per heavy atom. The maximum atomic E-state index is 12.1. The largest absolute Gasteiger partial charge is 0.289 e. The number of rotatable bonds is 6. The van der Waals surface area contributed by atoms with E-state index in [9.17, 15) is 14.9 Å². The molecule has 8 nitrogen and oxygen atoms in total. The first-order valence-corrected chi connectivity index (χ1v) is 7.99. The second kappa shape index (κ2) is 8.34. The summed E-state index contributed by atoms with van der Waals surface area (Å²) in [5.41, 5.74) is 4.62. The van der Waals surface area contributed by atoms with E-state index in [-0.39, 0.29) is 11.4 Å². The van der Waals surface area contributed by atoms with Gasteiger partial charge in [-0.3, -0.25) is 20.0 Å². The number of nitrogens with one attached hydrogen (secondary N) is 2. The number of H-pyrrole nitrogens is 1. The Bertz CT molecular complexity index is 1010. The molecule has 27 heavy (non-hydrogen) atoms. The van der Waals surface area contributed by atoms with Crippen LogP contribution in [0.4, 0.5) is 5.69 Å². The van der Waals surface area contributed by atoms with Gasteiger partial charge in [0, 0.05) is 17.8 Å². The third-order valence-corrected chi connectivity index (χ3v) is 3.63. The molecule has 0 aliphatic heterocycles. The van der Waals surface area contributed by atoms with Gasteiger partial charge in [0.25, 0.3) is 11.6 Å². The molecule has 0 aliphatic carbocycles. The number of carbonyl (C=O) groups is 1. The number of benzene rings is 2. The lowest BCUT2D eigenvalue weighted by molar-refractivity contribution is -0.385. The highest BCUT2D eigenvalue weighted by atomic mass is 16.6. The third-order valence-electron chi connectivity index (χ3n) is 3.63. The molecule has 1 aromatic heterocycles. The molecule has 0 fully saturated rings. The van der Waals surface area contributed by atoms with Crippen LogP contribution in [0.15, 0.2) is 71.8 Å². The number of nitrogens with zero attached hydrogens (tertiary/aromatic N) is 3. The van der Waals surface area contributed by atoms with Crippen LogP contribution in [0.5, 0.6) is 0 Å². The Hall–Kier alpha value is -4.07. The van der Waals surface area contributed by atoms with Crippen molar-refractivity contribution in [3.63, 3.8) is 0 Å². The molecule has 0 atom stereocenters. The Kier molecular flexibility index (Phi) is 5.48. The van der Waals surface area contributed by atoms with E-state index in [2.05, 4.69) is 20.7 Å². The number of nitro groups is 1. The van der Waals surface area contributed by atoms with Gasteiger partial charge in [0.1, 0.15) is 5.69 Å². The molecular weight excluding hydrogens is 346 g/mol. The predicted octanol–water partition coefficient (Wildman–Crippen LogP) is 3.41. The molecule has 0 spiro atoms. The molecule has 3 rings (SSSR count). The summed E-state index contributed by atoms with van der Waals surface area (Å²) in [6, 6.07) is 17.4. The number of para-hydroxylation sites is 1. The number of hydrogen-bond donors (Lipinski definition) is 2. The molecule has 0 saturated heterocycles. The topological polar surface area (TPSA) is 113 Å². The van der Waals surface area contributed by atoms with Crippen molar-refractivity contribution >= 4 is 23.9 Å². The fourth-order valence-electron chi connectivity index (χ4n) is 2.34. The monoisotopic (exact) mass is 361 g/mol. The molecule has 1 heterocycles. The summed E-state index contributed by atoms with van der Waals surface area (Å²) in [6.45, 7) is 0. The highest BCUT2D eigenvalue weighted by molar-refractivity contribution is 5.94. The van der Waals surface area contributed by atoms with Gasteiger partial charge in [0.05, 0.1) is 16.2 Å². The first-order valence-electron chi connectivity index (χ1n) is 7.99. The number of amides is 1. The van der Waals surface area contributed by atoms with E-state index in [1.54, 1.807) is 24.3 Å². The summed E-state index contributed by atoms with van der Waals surface area (Å²) in [7, 11) is 0. The van der Waals surface area contributed by atoms with E-state index in [1.165, 1.54) is 24.4 Å². The normalized spacial score (nSPS) is 11.1. The predicted molar refractivity (Wildman–Crippen MR) is 102 cm³/mol. The maximum Gasteiger partial charge on any atom is 0.289 e. The van der Waals surface area contributed by atoms with Crippen molar-refractivity contribution in [1.82, 2.24) is 15.6 Å². The zero-order valence-electron chi connectivity index (χ0n) is 14.1. The van der Waals surface area contributed by atoms with Gasteiger partial charge in [0.15, 0.2) is 0 Å². The third kappa shape index (κ3) is 4.51. The van der Waals surface area contributed by atoms with Gasteiger partial charge in [-0.2, -0.15) is 10.2 Å². The zero-order chi connectivity index (χ0) is 19.1. The Morgan fingerprint density at radius 2 is 1.89 bits per heavy atom. The molecule has 134 valence electrons. The number of hydrogen-bond acceptors (Lipinski definition) is 5. The average molecular weight is 361 g/mol. The summed E-state index contributed by atoms with van der Waals surface area (Å²) < 4.78 is 0. The molecule has 0 radical (unpaired) electrons. The van der Waals surface area contributed by atoms with Gasteiger partial charge in [-0.1, -0.05) is 42.5 Å². The van der Waals surface area contributed by atoms with Gasteiger partial charge < -0.3 is 0 Å². The fraction of sp³-hybridized carbons (Fsp3) is 0. The summed E-state index contributed by atoms with van der Waals surface area (Å²) in [6.07, 6.45) is 4.38. The van der Waals surface area contributed by atoms with Crippen molar-refractivity contribution in [2.24, 2.45) is 5.10 Å². The molecule has 0 unspecified atom stereocenters. The standard InChI is InChI=1S/C19H15N5O3/c25-19(17-13-16(21-22-17)14-7-2-1-3-8-14)23-20-12-6-10-15-9-4-5-11-18(15)24(26)27/h1-13H,(H,21,22)(H,23,25)/b10-6+,20-12+. The van der Waals surface area contributed by atoms with Crippen molar-refractivity contribution in [2.75, 3.05) is 0 Å². The highest BCUT2D eigenvalue weighted by Gasteiger charge is 2.10. The minimum Gasteiger partial charge on any atom is -0.272 e. The number of hydrazone groups is 1. The van der Waals surface area contributed by atoms with Crippen LogP contribution in [-0.4, -0.2) is 27.2 Å². The summed E-state index contributed by atoms with van der Waals surface area (Å²) in [4.78, 5) is 22.5. The number of nitro benzene ring substituents is 1. The van der Waals surface area contributed by atoms with Crippen LogP contribution in [0.25, 0.3) is 17.3 Å². The van der Waals surface area contributed by atoms with Crippen molar-refractivity contribution in [3.05, 3.63) is 88.1 Å². The number of aromatic amines is 1. The van der Waals surface area contributed by atoms with E-state index in [0.29, 0.717) is 11.3 Å². The van der Waals surface area contributed by atoms with Crippen LogP contribution < -0.4 is 5.43 Å². The van der Waals surface area contributed by atoms with Gasteiger partial charge >= 0.3 is 0 Å². The van der Waals surface area contributed by atoms with E-state index >= 15 is 0 Å². The van der Waals surface area contributed by atoms with Crippen LogP contribution in [-0.2, 0) is 0 Å². The molecule has 2 aromatic carbocycles. The fourth-order valence-corrected chi connectivity index (χ4v) is 2.34. The molecule has 0 bridgehead atoms. The molecule has 0 saturated carbocycles. The van der Waals surface area contributed by atoms with E-state index in [0.717, 1.165) is 5.56 Å². The van der Waals surface area contributed by atoms with Gasteiger partial charge in [-0.25, -0.2) is 5.43 Å². The van der Waals surface area contributed by atoms with Gasteiger partial charge in [0.2, 0.25) is 0 Å². The highest BCUT2D eigenvalue weighted by Crippen LogP contribution is 2.18. The van der Waals surface area contributed by atoms with Crippen molar-refractivity contribution in [2.45, 2.75) is 0 Å². The second-order valence-corrected chi connectivity index (χ2v) is 5.43. The Labute approximate surface area is 154 Å². The zero-order valence-corrected chi connectivity index (χ0v) is 14.1. The average Bonchev–Trinajstić information content (AvgIpc) is 3.19. The lowest BCUT2D eigenvalue weighted by atomic mass is 10.1. The number of carbonyl (C=O) groups excluding carboxylic acids is 1. The summed E-state index contributed by atoms with van der Waals surface area (Å²) >= 11 is 0. The Balaban J connectivity index is 1.60. The lowest BCUT2D eigenvalue weighted by Crippen LogP contribution is -2.17. The maximum absolute atomic E-state index is 12.1. The first-order chi connectivity index (χ1) is 13.1. The van der Waals surface area contributed by atoms with Crippen LogP contribution in [0.3, 0.4) is 0 Å². The molecule has 3 aromatic rings. The Morgan fingerprint density at radius 1 is 1.15 bits per heavy atom. The first kappa shape index (κ1) is 17.7. The molecule has 2 N–H and O–H groups in total. The second-order valence-electron chi connectivity index (χ2n) is 5.43. The minimum atomic E-state index is -0.457. The van der Waals surface area contributed by atoms with Crippen molar-refractivity contribution in [3.8, 4) is 11.3 Å². The number of aromatic nitrogens is 2. The van der Waals surface area contributed by atoms with Crippen LogP contribution in [0, 0.1) is 10.1 Å². The van der Waals surface area contributed by atoms with Crippen LogP contribution in [0.2, 0.25) is 0 Å². The minimum absolute atomic E-state index is 0.00270. The van der Waals surface area contributed by atoms with E-state index in [4.69, 9.17) is 0 Å².